The Kier molecular flexibility index (Phi) is 5.83. The molecular weight excluding hydrogens is 194 g/mol. The van der Waals surface area contributed by atoms with Gasteiger partial charge in [-0.05, 0) is 5.92 Å². The first-order valence-corrected chi connectivity index (χ1v) is 5.34. The van der Waals surface area contributed by atoms with E-state index in [1.54, 1.807) is 0 Å². The van der Waals surface area contributed by atoms with Crippen LogP contribution in [-0.4, -0.2) is 56.0 Å². The minimum absolute atomic E-state index is 0.0856. The summed E-state index contributed by atoms with van der Waals surface area (Å²) in [5.41, 5.74) is 0. The average Bonchev–Trinajstić information content (AvgIpc) is 1.95. The van der Waals surface area contributed by atoms with E-state index in [9.17, 15) is 4.79 Å². The largest absolute Gasteiger partial charge is 0.481 e. The van der Waals surface area contributed by atoms with E-state index >= 15 is 0 Å². The summed E-state index contributed by atoms with van der Waals surface area (Å²) in [5.74, 6) is -0.356. The lowest BCUT2D eigenvalue weighted by Crippen LogP contribution is -2.43. The van der Waals surface area contributed by atoms with Crippen LogP contribution in [0.3, 0.4) is 0 Å². The van der Waals surface area contributed by atoms with Crippen molar-refractivity contribution < 1.29 is 19.1 Å². The second kappa shape index (κ2) is 6.08. The Hall–Kier alpha value is -0.610. The molecule has 0 aliphatic rings. The molecule has 0 aromatic heterocycles. The van der Waals surface area contributed by atoms with Crippen molar-refractivity contribution in [2.45, 2.75) is 26.4 Å². The highest BCUT2D eigenvalue weighted by Gasteiger charge is 2.21. The van der Waals surface area contributed by atoms with Crippen molar-refractivity contribution in [2.75, 3.05) is 34.3 Å². The molecule has 1 atom stereocenters. The molecule has 0 spiro atoms. The minimum Gasteiger partial charge on any atom is -0.481 e. The van der Waals surface area contributed by atoms with Crippen molar-refractivity contribution in [2.24, 2.45) is 5.92 Å². The monoisotopic (exact) mass is 218 g/mol. The summed E-state index contributed by atoms with van der Waals surface area (Å²) in [6.45, 7) is 5.46. The fourth-order valence-corrected chi connectivity index (χ4v) is 1.31. The van der Waals surface area contributed by atoms with E-state index in [0.717, 1.165) is 11.0 Å². The SMILES string of the molecule is CC(C)COC(CC(=O)O)C[N+](C)(C)C. The Morgan fingerprint density at radius 3 is 2.20 bits per heavy atom. The van der Waals surface area contributed by atoms with Gasteiger partial charge in [-0.15, -0.1) is 0 Å². The number of rotatable bonds is 7. The van der Waals surface area contributed by atoms with Crippen molar-refractivity contribution in [1.82, 2.24) is 0 Å². The normalized spacial score (nSPS) is 14.3. The van der Waals surface area contributed by atoms with E-state index in [-0.39, 0.29) is 12.5 Å². The lowest BCUT2D eigenvalue weighted by atomic mass is 10.2. The molecule has 0 aromatic carbocycles. The second-order valence-electron chi connectivity index (χ2n) is 5.42. The third kappa shape index (κ3) is 9.69. The average molecular weight is 218 g/mol. The molecule has 0 saturated carbocycles. The molecule has 4 nitrogen and oxygen atoms in total. The lowest BCUT2D eigenvalue weighted by Gasteiger charge is -2.29. The summed E-state index contributed by atoms with van der Waals surface area (Å²) in [6.07, 6.45) is -0.104. The molecule has 0 amide bonds. The van der Waals surface area contributed by atoms with Crippen LogP contribution < -0.4 is 0 Å². The van der Waals surface area contributed by atoms with Gasteiger partial charge in [0.1, 0.15) is 12.6 Å². The second-order valence-corrected chi connectivity index (χ2v) is 5.42. The molecule has 0 aliphatic heterocycles. The van der Waals surface area contributed by atoms with Crippen molar-refractivity contribution in [3.05, 3.63) is 0 Å². The van der Waals surface area contributed by atoms with Gasteiger partial charge in [-0.25, -0.2) is 0 Å². The molecule has 0 heterocycles. The number of carboxylic acids is 1. The molecule has 0 saturated heterocycles. The summed E-state index contributed by atoms with van der Waals surface area (Å²) in [5, 5.41) is 8.76. The van der Waals surface area contributed by atoms with Gasteiger partial charge in [-0.1, -0.05) is 13.8 Å². The minimum atomic E-state index is -0.794. The molecule has 1 N–H and O–H groups in total. The summed E-state index contributed by atoms with van der Waals surface area (Å²) < 4.78 is 6.31. The van der Waals surface area contributed by atoms with Crippen molar-refractivity contribution in [3.8, 4) is 0 Å². The number of aliphatic carboxylic acids is 1. The highest BCUT2D eigenvalue weighted by atomic mass is 16.5. The standard InChI is InChI=1S/C11H23NO3/c1-9(2)8-15-10(6-11(13)14)7-12(3,4)5/h9-10H,6-8H2,1-5H3/p+1. The maximum atomic E-state index is 10.7. The fraction of sp³-hybridized carbons (Fsp3) is 0.909. The molecule has 1 unspecified atom stereocenters. The van der Waals surface area contributed by atoms with Gasteiger partial charge in [0.15, 0.2) is 0 Å². The maximum absolute atomic E-state index is 10.7. The molecule has 0 radical (unpaired) electrons. The predicted octanol–water partition coefficient (Wildman–Crippen LogP) is 1.21. The number of carbonyl (C=O) groups is 1. The van der Waals surface area contributed by atoms with E-state index in [1.165, 1.54) is 0 Å². The molecular formula is C11H24NO3+. The van der Waals surface area contributed by atoms with E-state index in [0.29, 0.717) is 12.5 Å². The number of quaternary nitrogens is 1. The molecule has 0 aliphatic carbocycles. The van der Waals surface area contributed by atoms with Crippen LogP contribution in [0.2, 0.25) is 0 Å². The Morgan fingerprint density at radius 1 is 1.33 bits per heavy atom. The van der Waals surface area contributed by atoms with E-state index in [2.05, 4.69) is 13.8 Å². The van der Waals surface area contributed by atoms with Crippen molar-refractivity contribution in [3.63, 3.8) is 0 Å². The Labute approximate surface area is 92.4 Å². The molecule has 0 fully saturated rings. The van der Waals surface area contributed by atoms with Gasteiger partial charge < -0.3 is 14.3 Å². The smallest absolute Gasteiger partial charge is 0.306 e. The number of likely N-dealkylation sites (N-methyl/N-ethyl adjacent to an activating group) is 1. The Bertz CT molecular complexity index is 196. The lowest BCUT2D eigenvalue weighted by molar-refractivity contribution is -0.873. The molecule has 15 heavy (non-hydrogen) atoms. The van der Waals surface area contributed by atoms with Gasteiger partial charge in [0, 0.05) is 6.61 Å². The zero-order valence-corrected chi connectivity index (χ0v) is 10.5. The summed E-state index contributed by atoms with van der Waals surface area (Å²) in [6, 6.07) is 0. The van der Waals surface area contributed by atoms with Gasteiger partial charge >= 0.3 is 5.97 Å². The third-order valence-electron chi connectivity index (χ3n) is 1.82. The van der Waals surface area contributed by atoms with E-state index in [1.807, 2.05) is 21.1 Å². The molecule has 0 aromatic rings. The summed E-state index contributed by atoms with van der Waals surface area (Å²) in [7, 11) is 6.11. The van der Waals surface area contributed by atoms with Gasteiger partial charge in [-0.3, -0.25) is 4.79 Å². The molecule has 90 valence electrons. The first-order chi connectivity index (χ1) is 6.70. The topological polar surface area (TPSA) is 46.5 Å². The van der Waals surface area contributed by atoms with Crippen LogP contribution in [0, 0.1) is 5.92 Å². The molecule has 0 bridgehead atoms. The highest BCUT2D eigenvalue weighted by molar-refractivity contribution is 5.67. The number of hydrogen-bond donors (Lipinski definition) is 1. The third-order valence-corrected chi connectivity index (χ3v) is 1.82. The quantitative estimate of drug-likeness (QED) is 0.653. The highest BCUT2D eigenvalue weighted by Crippen LogP contribution is 2.07. The Morgan fingerprint density at radius 2 is 1.87 bits per heavy atom. The van der Waals surface area contributed by atoms with Crippen LogP contribution in [0.5, 0.6) is 0 Å². The number of ether oxygens (including phenoxy) is 1. The van der Waals surface area contributed by atoms with Crippen LogP contribution in [0.1, 0.15) is 20.3 Å². The van der Waals surface area contributed by atoms with Gasteiger partial charge in [0.2, 0.25) is 0 Å². The van der Waals surface area contributed by atoms with Crippen LogP contribution in [-0.2, 0) is 9.53 Å². The number of hydrogen-bond acceptors (Lipinski definition) is 2. The van der Waals surface area contributed by atoms with E-state index < -0.39 is 5.97 Å². The van der Waals surface area contributed by atoms with E-state index in [4.69, 9.17) is 9.84 Å². The van der Waals surface area contributed by atoms with Crippen molar-refractivity contribution >= 4 is 5.97 Å². The van der Waals surface area contributed by atoms with Crippen LogP contribution >= 0.6 is 0 Å². The predicted molar refractivity (Wildman–Crippen MR) is 59.7 cm³/mol. The number of carboxylic acid groups (broad SMARTS) is 1. The first-order valence-electron chi connectivity index (χ1n) is 5.34. The van der Waals surface area contributed by atoms with Gasteiger partial charge in [0.25, 0.3) is 0 Å². The van der Waals surface area contributed by atoms with Crippen LogP contribution in [0.15, 0.2) is 0 Å². The summed E-state index contributed by atoms with van der Waals surface area (Å²) in [4.78, 5) is 10.7. The Balaban J connectivity index is 4.12. The zero-order chi connectivity index (χ0) is 12.1. The molecule has 4 heteroatoms. The first kappa shape index (κ1) is 14.4. The summed E-state index contributed by atoms with van der Waals surface area (Å²) >= 11 is 0. The van der Waals surface area contributed by atoms with Crippen LogP contribution in [0.4, 0.5) is 0 Å². The number of nitrogens with zero attached hydrogens (tertiary/aromatic N) is 1. The maximum Gasteiger partial charge on any atom is 0.306 e. The zero-order valence-electron chi connectivity index (χ0n) is 10.5. The van der Waals surface area contributed by atoms with Crippen molar-refractivity contribution in [1.29, 1.82) is 0 Å². The molecule has 0 rings (SSSR count). The fourth-order valence-electron chi connectivity index (χ4n) is 1.31. The van der Waals surface area contributed by atoms with Gasteiger partial charge in [0.05, 0.1) is 27.6 Å². The van der Waals surface area contributed by atoms with Gasteiger partial charge in [-0.2, -0.15) is 0 Å². The van der Waals surface area contributed by atoms with Crippen LogP contribution in [0.25, 0.3) is 0 Å².